The van der Waals surface area contributed by atoms with Gasteiger partial charge in [0, 0.05) is 26.7 Å². The van der Waals surface area contributed by atoms with E-state index in [1.165, 1.54) is 12.1 Å². The maximum Gasteiger partial charge on any atom is 0.213 e. The number of rotatable bonds is 9. The molecule has 6 nitrogen and oxygen atoms in total. The van der Waals surface area contributed by atoms with Gasteiger partial charge in [-0.25, -0.2) is 17.5 Å². The number of benzene rings is 2. The third-order valence-corrected chi connectivity index (χ3v) is 5.17. The SMILES string of the molecule is CN=C(NCCc1ccc(F)cc1)NCCS(=O)(=O)NCc1ccccc1.I. The third-order valence-electron chi connectivity index (χ3n) is 3.85. The Morgan fingerprint density at radius 3 is 2.25 bits per heavy atom. The molecule has 28 heavy (non-hydrogen) atoms. The lowest BCUT2D eigenvalue weighted by Crippen LogP contribution is -2.41. The van der Waals surface area contributed by atoms with Crippen molar-refractivity contribution in [3.05, 3.63) is 71.5 Å². The van der Waals surface area contributed by atoms with E-state index in [1.807, 2.05) is 30.3 Å². The molecule has 0 aliphatic heterocycles. The number of nitrogens with one attached hydrogen (secondary N) is 3. The maximum atomic E-state index is 12.9. The summed E-state index contributed by atoms with van der Waals surface area (Å²) in [4.78, 5) is 4.07. The van der Waals surface area contributed by atoms with Gasteiger partial charge in [-0.1, -0.05) is 42.5 Å². The van der Waals surface area contributed by atoms with Gasteiger partial charge in [0.25, 0.3) is 0 Å². The van der Waals surface area contributed by atoms with Crippen LogP contribution in [0.2, 0.25) is 0 Å². The molecule has 2 aromatic carbocycles. The van der Waals surface area contributed by atoms with Gasteiger partial charge in [0.05, 0.1) is 5.75 Å². The highest BCUT2D eigenvalue weighted by Gasteiger charge is 2.10. The second kappa shape index (κ2) is 12.7. The van der Waals surface area contributed by atoms with Crippen molar-refractivity contribution in [3.8, 4) is 0 Å². The monoisotopic (exact) mass is 520 g/mol. The summed E-state index contributed by atoms with van der Waals surface area (Å²) in [7, 11) is -1.76. The standard InChI is InChI=1S/C19H25FN4O2S.HI/c1-21-19(22-12-11-16-7-9-18(20)10-8-16)23-13-14-27(25,26)24-15-17-5-3-2-4-6-17;/h2-10,24H,11-15H2,1H3,(H2,21,22,23);1H. The summed E-state index contributed by atoms with van der Waals surface area (Å²) < 4.78 is 39.6. The predicted octanol–water partition coefficient (Wildman–Crippen LogP) is 2.27. The zero-order chi connectivity index (χ0) is 19.5. The minimum atomic E-state index is -3.38. The van der Waals surface area contributed by atoms with Crippen LogP contribution in [0.4, 0.5) is 4.39 Å². The quantitative estimate of drug-likeness (QED) is 0.269. The summed E-state index contributed by atoms with van der Waals surface area (Å²) in [6.07, 6.45) is 0.706. The van der Waals surface area contributed by atoms with E-state index in [1.54, 1.807) is 19.2 Å². The van der Waals surface area contributed by atoms with Gasteiger partial charge in [-0.2, -0.15) is 0 Å². The molecule has 0 radical (unpaired) electrons. The Morgan fingerprint density at radius 1 is 0.964 bits per heavy atom. The number of aliphatic imine (C=N–C) groups is 1. The molecule has 154 valence electrons. The molecule has 0 amide bonds. The van der Waals surface area contributed by atoms with Crippen molar-refractivity contribution in [2.75, 3.05) is 25.9 Å². The van der Waals surface area contributed by atoms with Crippen molar-refractivity contribution in [1.82, 2.24) is 15.4 Å². The predicted molar refractivity (Wildman–Crippen MR) is 122 cm³/mol. The molecule has 0 spiro atoms. The van der Waals surface area contributed by atoms with Crippen molar-refractivity contribution in [2.24, 2.45) is 4.99 Å². The van der Waals surface area contributed by atoms with Crippen LogP contribution in [-0.2, 0) is 23.0 Å². The molecule has 0 atom stereocenters. The van der Waals surface area contributed by atoms with Gasteiger partial charge in [0.2, 0.25) is 10.0 Å². The van der Waals surface area contributed by atoms with Gasteiger partial charge < -0.3 is 10.6 Å². The normalized spacial score (nSPS) is 11.6. The molecule has 0 saturated heterocycles. The number of nitrogens with zero attached hydrogens (tertiary/aromatic N) is 1. The Kier molecular flexibility index (Phi) is 11.0. The van der Waals surface area contributed by atoms with E-state index < -0.39 is 10.0 Å². The van der Waals surface area contributed by atoms with Crippen molar-refractivity contribution in [2.45, 2.75) is 13.0 Å². The largest absolute Gasteiger partial charge is 0.356 e. The Hall–Kier alpha value is -1.72. The van der Waals surface area contributed by atoms with Crippen LogP contribution in [0.15, 0.2) is 59.6 Å². The number of halogens is 2. The Labute approximate surface area is 183 Å². The van der Waals surface area contributed by atoms with Crippen LogP contribution in [0.3, 0.4) is 0 Å². The fourth-order valence-electron chi connectivity index (χ4n) is 2.36. The fourth-order valence-corrected chi connectivity index (χ4v) is 3.26. The first kappa shape index (κ1) is 24.3. The topological polar surface area (TPSA) is 82.6 Å². The third kappa shape index (κ3) is 9.47. The number of sulfonamides is 1. The van der Waals surface area contributed by atoms with Crippen molar-refractivity contribution < 1.29 is 12.8 Å². The Morgan fingerprint density at radius 2 is 1.61 bits per heavy atom. The molecule has 0 fully saturated rings. The second-order valence-electron chi connectivity index (χ2n) is 5.93. The second-order valence-corrected chi connectivity index (χ2v) is 7.85. The molecule has 0 aliphatic rings. The van der Waals surface area contributed by atoms with Crippen LogP contribution in [0.25, 0.3) is 0 Å². The molecular formula is C19H26FIN4O2S. The summed E-state index contributed by atoms with van der Waals surface area (Å²) in [6.45, 7) is 1.11. The van der Waals surface area contributed by atoms with Crippen LogP contribution < -0.4 is 15.4 Å². The lowest BCUT2D eigenvalue weighted by molar-refractivity contribution is 0.580. The Bertz CT molecular complexity index is 831. The minimum absolute atomic E-state index is 0. The summed E-state index contributed by atoms with van der Waals surface area (Å²) >= 11 is 0. The van der Waals surface area contributed by atoms with Crippen LogP contribution in [0.5, 0.6) is 0 Å². The van der Waals surface area contributed by atoms with E-state index in [9.17, 15) is 12.8 Å². The maximum absolute atomic E-state index is 12.9. The van der Waals surface area contributed by atoms with E-state index in [0.717, 1.165) is 11.1 Å². The average Bonchev–Trinajstić information content (AvgIpc) is 2.67. The van der Waals surface area contributed by atoms with E-state index in [2.05, 4.69) is 20.3 Å². The molecule has 9 heteroatoms. The van der Waals surface area contributed by atoms with Gasteiger partial charge in [0.15, 0.2) is 5.96 Å². The van der Waals surface area contributed by atoms with Crippen LogP contribution >= 0.6 is 24.0 Å². The van der Waals surface area contributed by atoms with Crippen molar-refractivity contribution in [3.63, 3.8) is 0 Å². The van der Waals surface area contributed by atoms with Gasteiger partial charge in [0.1, 0.15) is 5.82 Å². The smallest absolute Gasteiger partial charge is 0.213 e. The lowest BCUT2D eigenvalue weighted by atomic mass is 10.1. The fraction of sp³-hybridized carbons (Fsp3) is 0.316. The Balaban J connectivity index is 0.00000392. The highest BCUT2D eigenvalue weighted by Crippen LogP contribution is 2.02. The molecule has 3 N–H and O–H groups in total. The molecular weight excluding hydrogens is 494 g/mol. The van der Waals surface area contributed by atoms with E-state index >= 15 is 0 Å². The van der Waals surface area contributed by atoms with Crippen LogP contribution in [-0.4, -0.2) is 40.3 Å². The highest BCUT2D eigenvalue weighted by atomic mass is 127. The van der Waals surface area contributed by atoms with Gasteiger partial charge in [-0.3, -0.25) is 4.99 Å². The zero-order valence-corrected chi connectivity index (χ0v) is 18.8. The molecule has 0 saturated carbocycles. The summed E-state index contributed by atoms with van der Waals surface area (Å²) in [5.41, 5.74) is 1.92. The first-order valence-corrected chi connectivity index (χ1v) is 10.3. The molecule has 0 unspecified atom stereocenters. The molecule has 2 aromatic rings. The summed E-state index contributed by atoms with van der Waals surface area (Å²) in [6, 6.07) is 15.7. The van der Waals surface area contributed by atoms with Crippen molar-refractivity contribution in [1.29, 1.82) is 0 Å². The lowest BCUT2D eigenvalue weighted by Gasteiger charge is -2.12. The number of guanidine groups is 1. The summed E-state index contributed by atoms with van der Waals surface area (Å²) in [5.74, 6) is 0.208. The number of hydrogen-bond donors (Lipinski definition) is 3. The molecule has 0 aromatic heterocycles. The van der Waals surface area contributed by atoms with E-state index in [-0.39, 0.29) is 48.6 Å². The van der Waals surface area contributed by atoms with Crippen molar-refractivity contribution >= 4 is 40.0 Å². The molecule has 2 rings (SSSR count). The molecule has 0 bridgehead atoms. The molecule has 0 heterocycles. The van der Waals surface area contributed by atoms with Crippen LogP contribution in [0.1, 0.15) is 11.1 Å². The van der Waals surface area contributed by atoms with E-state index in [4.69, 9.17) is 0 Å². The first-order valence-electron chi connectivity index (χ1n) is 8.69. The van der Waals surface area contributed by atoms with Crippen LogP contribution in [0, 0.1) is 5.82 Å². The van der Waals surface area contributed by atoms with Gasteiger partial charge >= 0.3 is 0 Å². The van der Waals surface area contributed by atoms with E-state index in [0.29, 0.717) is 18.9 Å². The zero-order valence-electron chi connectivity index (χ0n) is 15.7. The van der Waals surface area contributed by atoms with Gasteiger partial charge in [-0.15, -0.1) is 24.0 Å². The minimum Gasteiger partial charge on any atom is -0.356 e. The van der Waals surface area contributed by atoms with Gasteiger partial charge in [-0.05, 0) is 29.7 Å². The number of hydrogen-bond acceptors (Lipinski definition) is 3. The highest BCUT2D eigenvalue weighted by molar-refractivity contribution is 14.0. The summed E-state index contributed by atoms with van der Waals surface area (Å²) in [5, 5.41) is 6.09. The molecule has 0 aliphatic carbocycles. The first-order chi connectivity index (χ1) is 13.0. The average molecular weight is 520 g/mol.